The summed E-state index contributed by atoms with van der Waals surface area (Å²) in [4.78, 5) is 13.4. The molecule has 1 heterocycles. The number of nitrogens with zero attached hydrogens (tertiary/aromatic N) is 1. The number of carbonyl (C=O) groups excluding carboxylic acids is 1. The van der Waals surface area contributed by atoms with Gasteiger partial charge in [-0.1, -0.05) is 0 Å². The Kier molecular flexibility index (Phi) is 5.05. The predicted octanol–water partition coefficient (Wildman–Crippen LogP) is 0.745. The van der Waals surface area contributed by atoms with Crippen LogP contribution in [0.3, 0.4) is 0 Å². The van der Waals surface area contributed by atoms with Crippen LogP contribution in [0.2, 0.25) is 0 Å². The topological polar surface area (TPSA) is 84.9 Å². The summed E-state index contributed by atoms with van der Waals surface area (Å²) in [5, 5.41) is 0. The Bertz CT molecular complexity index is 659. The number of methoxy groups -OCH3 is 1. The zero-order valence-electron chi connectivity index (χ0n) is 12.8. The summed E-state index contributed by atoms with van der Waals surface area (Å²) in [7, 11) is -2.16. The quantitative estimate of drug-likeness (QED) is 0.806. The fraction of sp³-hybridized carbons (Fsp3) is 0.500. The maximum atomic E-state index is 12.2. The number of fused-ring (bicyclic) bond motifs is 1. The summed E-state index contributed by atoms with van der Waals surface area (Å²) in [5.74, 6) is 0.350. The highest BCUT2D eigenvalue weighted by Crippen LogP contribution is 2.35. The Hall–Kier alpha value is -1.64. The van der Waals surface area contributed by atoms with E-state index in [1.807, 2.05) is 6.92 Å². The Balaban J connectivity index is 2.34. The third kappa shape index (κ3) is 3.57. The van der Waals surface area contributed by atoms with E-state index >= 15 is 0 Å². The van der Waals surface area contributed by atoms with Crippen molar-refractivity contribution >= 4 is 21.6 Å². The molecule has 122 valence electrons. The van der Waals surface area contributed by atoms with Crippen molar-refractivity contribution in [1.29, 1.82) is 0 Å². The number of hydrogen-bond donors (Lipinski definition) is 1. The molecule has 0 spiro atoms. The van der Waals surface area contributed by atoms with E-state index in [1.165, 1.54) is 31.1 Å². The number of nitrogens with one attached hydrogen (secondary N) is 1. The van der Waals surface area contributed by atoms with Gasteiger partial charge in [-0.15, -0.1) is 0 Å². The minimum absolute atomic E-state index is 0.0896. The van der Waals surface area contributed by atoms with Crippen LogP contribution >= 0.6 is 0 Å². The van der Waals surface area contributed by atoms with Gasteiger partial charge in [-0.2, -0.15) is 0 Å². The smallest absolute Gasteiger partial charge is 0.240 e. The number of benzene rings is 1. The summed E-state index contributed by atoms with van der Waals surface area (Å²) < 4.78 is 37.4. The van der Waals surface area contributed by atoms with Crippen LogP contribution in [0.15, 0.2) is 23.1 Å². The highest BCUT2D eigenvalue weighted by atomic mass is 32.2. The van der Waals surface area contributed by atoms with Crippen LogP contribution in [0.4, 0.5) is 5.69 Å². The number of sulfonamides is 1. The molecule has 1 aliphatic rings. The van der Waals surface area contributed by atoms with Crippen LogP contribution in [-0.2, 0) is 19.6 Å². The molecule has 22 heavy (non-hydrogen) atoms. The van der Waals surface area contributed by atoms with E-state index in [-0.39, 0.29) is 30.1 Å². The van der Waals surface area contributed by atoms with Gasteiger partial charge < -0.3 is 14.4 Å². The molecule has 1 aromatic rings. The van der Waals surface area contributed by atoms with Crippen LogP contribution in [0.1, 0.15) is 13.8 Å². The molecule has 1 aromatic carbocycles. The van der Waals surface area contributed by atoms with Gasteiger partial charge in [0, 0.05) is 20.6 Å². The first-order valence-electron chi connectivity index (χ1n) is 6.92. The number of ether oxygens (including phenoxy) is 2. The Morgan fingerprint density at radius 1 is 1.50 bits per heavy atom. The second-order valence-electron chi connectivity index (χ2n) is 5.08. The lowest BCUT2D eigenvalue weighted by Crippen LogP contribution is -2.41. The molecule has 0 radical (unpaired) electrons. The number of hydrogen-bond acceptors (Lipinski definition) is 5. The van der Waals surface area contributed by atoms with E-state index in [1.54, 1.807) is 6.07 Å². The molecule has 0 saturated heterocycles. The molecule has 0 saturated carbocycles. The normalized spacial score (nSPS) is 17.8. The van der Waals surface area contributed by atoms with E-state index in [2.05, 4.69) is 4.72 Å². The van der Waals surface area contributed by atoms with Crippen molar-refractivity contribution in [2.75, 3.05) is 31.7 Å². The van der Waals surface area contributed by atoms with Crippen LogP contribution in [-0.4, -0.2) is 47.2 Å². The Labute approximate surface area is 130 Å². The third-order valence-corrected chi connectivity index (χ3v) is 4.74. The standard InChI is InChI=1S/C14H20N2O5S/c1-10-9-16(11(2)17)13-8-12(4-5-14(13)21-10)22(18,19)15-6-7-20-3/h4-5,8,10,15H,6-7,9H2,1-3H3. The molecule has 0 aromatic heterocycles. The maximum Gasteiger partial charge on any atom is 0.240 e. The first kappa shape index (κ1) is 16.7. The number of rotatable bonds is 5. The molecule has 0 fully saturated rings. The maximum absolute atomic E-state index is 12.2. The van der Waals surface area contributed by atoms with Gasteiger partial charge >= 0.3 is 0 Å². The van der Waals surface area contributed by atoms with Crippen molar-refractivity contribution in [3.05, 3.63) is 18.2 Å². The van der Waals surface area contributed by atoms with Gasteiger partial charge in [-0.05, 0) is 25.1 Å². The molecule has 0 aliphatic carbocycles. The van der Waals surface area contributed by atoms with Gasteiger partial charge in [-0.25, -0.2) is 13.1 Å². The van der Waals surface area contributed by atoms with Crippen LogP contribution in [0.25, 0.3) is 0 Å². The number of carbonyl (C=O) groups is 1. The average molecular weight is 328 g/mol. The molecular weight excluding hydrogens is 308 g/mol. The molecule has 1 atom stereocenters. The fourth-order valence-electron chi connectivity index (χ4n) is 2.24. The van der Waals surface area contributed by atoms with E-state index in [0.29, 0.717) is 18.0 Å². The minimum Gasteiger partial charge on any atom is -0.487 e. The first-order valence-corrected chi connectivity index (χ1v) is 8.41. The highest BCUT2D eigenvalue weighted by molar-refractivity contribution is 7.89. The summed E-state index contributed by atoms with van der Waals surface area (Å²) in [6.45, 7) is 4.16. The van der Waals surface area contributed by atoms with Gasteiger partial charge in [0.15, 0.2) is 0 Å². The zero-order valence-corrected chi connectivity index (χ0v) is 13.6. The van der Waals surface area contributed by atoms with Crippen LogP contribution in [0, 0.1) is 0 Å². The van der Waals surface area contributed by atoms with Crippen molar-refractivity contribution < 1.29 is 22.7 Å². The van der Waals surface area contributed by atoms with Crippen molar-refractivity contribution in [2.24, 2.45) is 0 Å². The minimum atomic E-state index is -3.65. The average Bonchev–Trinajstić information content (AvgIpc) is 2.45. The van der Waals surface area contributed by atoms with Gasteiger partial charge in [0.2, 0.25) is 15.9 Å². The molecule has 1 unspecified atom stereocenters. The lowest BCUT2D eigenvalue weighted by Gasteiger charge is -2.33. The van der Waals surface area contributed by atoms with Crippen LogP contribution in [0.5, 0.6) is 5.75 Å². The molecule has 0 bridgehead atoms. The molecule has 8 heteroatoms. The van der Waals surface area contributed by atoms with Gasteiger partial charge in [0.1, 0.15) is 11.9 Å². The lowest BCUT2D eigenvalue weighted by molar-refractivity contribution is -0.117. The lowest BCUT2D eigenvalue weighted by atomic mass is 10.2. The Morgan fingerprint density at radius 3 is 2.86 bits per heavy atom. The molecule has 7 nitrogen and oxygen atoms in total. The third-order valence-electron chi connectivity index (χ3n) is 3.28. The Morgan fingerprint density at radius 2 is 2.23 bits per heavy atom. The van der Waals surface area contributed by atoms with Gasteiger partial charge in [0.25, 0.3) is 0 Å². The summed E-state index contributed by atoms with van der Waals surface area (Å²) in [6, 6.07) is 4.49. The molecule has 2 rings (SSSR count). The molecule has 1 aliphatic heterocycles. The van der Waals surface area contributed by atoms with Crippen molar-refractivity contribution in [3.63, 3.8) is 0 Å². The number of amides is 1. The second kappa shape index (κ2) is 6.64. The van der Waals surface area contributed by atoms with Crippen LogP contribution < -0.4 is 14.4 Å². The van der Waals surface area contributed by atoms with Gasteiger partial charge in [0.05, 0.1) is 23.7 Å². The highest BCUT2D eigenvalue weighted by Gasteiger charge is 2.27. The zero-order chi connectivity index (χ0) is 16.3. The second-order valence-corrected chi connectivity index (χ2v) is 6.85. The van der Waals surface area contributed by atoms with Crippen molar-refractivity contribution in [1.82, 2.24) is 4.72 Å². The van der Waals surface area contributed by atoms with E-state index < -0.39 is 10.0 Å². The van der Waals surface area contributed by atoms with Gasteiger partial charge in [-0.3, -0.25) is 4.79 Å². The van der Waals surface area contributed by atoms with Crippen molar-refractivity contribution in [2.45, 2.75) is 24.8 Å². The summed E-state index contributed by atoms with van der Waals surface area (Å²) in [5.41, 5.74) is 0.472. The van der Waals surface area contributed by atoms with Crippen molar-refractivity contribution in [3.8, 4) is 5.75 Å². The molecule has 1 amide bonds. The molecule has 1 N–H and O–H groups in total. The van der Waals surface area contributed by atoms with E-state index in [0.717, 1.165) is 0 Å². The summed E-state index contributed by atoms with van der Waals surface area (Å²) >= 11 is 0. The SMILES string of the molecule is COCCNS(=O)(=O)c1ccc2c(c1)N(C(C)=O)CC(C)O2. The predicted molar refractivity (Wildman–Crippen MR) is 81.6 cm³/mol. The first-order chi connectivity index (χ1) is 10.3. The molecular formula is C14H20N2O5S. The fourth-order valence-corrected chi connectivity index (χ4v) is 3.28. The van der Waals surface area contributed by atoms with E-state index in [9.17, 15) is 13.2 Å². The van der Waals surface area contributed by atoms with E-state index in [4.69, 9.17) is 9.47 Å². The summed E-state index contributed by atoms with van der Waals surface area (Å²) in [6.07, 6.45) is -0.140. The monoisotopic (exact) mass is 328 g/mol. The largest absolute Gasteiger partial charge is 0.487 e. The number of anilines is 1.